The summed E-state index contributed by atoms with van der Waals surface area (Å²) >= 11 is 5.81. The fourth-order valence-electron chi connectivity index (χ4n) is 3.10. The number of alkyl halides is 3. The third-order valence-electron chi connectivity index (χ3n) is 4.92. The minimum Gasteiger partial charge on any atom is -0.455 e. The maximum absolute atomic E-state index is 12.8. The number of hydrogen-bond donors (Lipinski definition) is 2. The first-order valence-corrected chi connectivity index (χ1v) is 10.3. The standard InChI is InChI=1S/C22H19ClF3N3O5/c1-12-2-4-13(5-3-12)20(32)28-29-10-14(8-19(29)31)21(33)34-11-18(30)27-17-9-15(22(24,25)26)6-7-16(17)23/h2-7,9,14H,8,10-11H2,1H3,(H,27,30)(H,28,32)/t14-/m0/s1. The Bertz CT molecular complexity index is 1120. The zero-order chi connectivity index (χ0) is 25.0. The molecule has 0 bridgehead atoms. The van der Waals surface area contributed by atoms with Gasteiger partial charge in [0.05, 0.1) is 28.7 Å². The van der Waals surface area contributed by atoms with E-state index >= 15 is 0 Å². The normalized spacial score (nSPS) is 15.7. The van der Waals surface area contributed by atoms with Gasteiger partial charge in [-0.1, -0.05) is 29.3 Å². The lowest BCUT2D eigenvalue weighted by molar-refractivity contribution is -0.151. The molecular formula is C22H19ClF3N3O5. The van der Waals surface area contributed by atoms with Crippen molar-refractivity contribution < 1.29 is 37.1 Å². The van der Waals surface area contributed by atoms with Crippen molar-refractivity contribution in [3.8, 4) is 0 Å². The summed E-state index contributed by atoms with van der Waals surface area (Å²) < 4.78 is 43.4. The second kappa shape index (κ2) is 10.1. The third-order valence-corrected chi connectivity index (χ3v) is 5.25. The average Bonchev–Trinajstić information content (AvgIpc) is 3.13. The van der Waals surface area contributed by atoms with E-state index in [0.29, 0.717) is 11.6 Å². The topological polar surface area (TPSA) is 105 Å². The Labute approximate surface area is 197 Å². The lowest BCUT2D eigenvalue weighted by atomic mass is 10.1. The number of ether oxygens (including phenoxy) is 1. The van der Waals surface area contributed by atoms with E-state index in [4.69, 9.17) is 16.3 Å². The van der Waals surface area contributed by atoms with Gasteiger partial charge in [0.1, 0.15) is 0 Å². The van der Waals surface area contributed by atoms with Crippen LogP contribution in [0.4, 0.5) is 18.9 Å². The Balaban J connectivity index is 1.51. The number of carbonyl (C=O) groups excluding carboxylic acids is 4. The molecule has 2 N–H and O–H groups in total. The van der Waals surface area contributed by atoms with Crippen LogP contribution in [0.15, 0.2) is 42.5 Å². The number of rotatable bonds is 6. The molecule has 2 aromatic carbocycles. The highest BCUT2D eigenvalue weighted by molar-refractivity contribution is 6.33. The first kappa shape index (κ1) is 25.0. The fourth-order valence-corrected chi connectivity index (χ4v) is 3.27. The fraction of sp³-hybridized carbons (Fsp3) is 0.273. The number of anilines is 1. The number of carbonyl (C=O) groups is 4. The van der Waals surface area contributed by atoms with Gasteiger partial charge >= 0.3 is 12.1 Å². The zero-order valence-corrected chi connectivity index (χ0v) is 18.5. The Hall–Kier alpha value is -3.60. The smallest absolute Gasteiger partial charge is 0.416 e. The van der Waals surface area contributed by atoms with Gasteiger partial charge in [0.2, 0.25) is 5.91 Å². The quantitative estimate of drug-likeness (QED) is 0.596. The van der Waals surface area contributed by atoms with Crippen LogP contribution in [0.3, 0.4) is 0 Å². The molecule has 8 nitrogen and oxygen atoms in total. The predicted octanol–water partition coefficient (Wildman–Crippen LogP) is 3.34. The molecule has 1 saturated heterocycles. The van der Waals surface area contributed by atoms with Crippen LogP contribution in [0.1, 0.15) is 27.9 Å². The molecule has 2 aromatic rings. The van der Waals surface area contributed by atoms with Crippen LogP contribution in [-0.2, 0) is 25.3 Å². The van der Waals surface area contributed by atoms with E-state index in [0.717, 1.165) is 22.7 Å². The number of hydrazine groups is 1. The lowest BCUT2D eigenvalue weighted by Crippen LogP contribution is -2.43. The molecule has 0 unspecified atom stereocenters. The van der Waals surface area contributed by atoms with Crippen LogP contribution in [0.2, 0.25) is 5.02 Å². The molecule has 0 saturated carbocycles. The minimum absolute atomic E-state index is 0.131. The van der Waals surface area contributed by atoms with Gasteiger partial charge in [-0.3, -0.25) is 29.6 Å². The number of benzene rings is 2. The highest BCUT2D eigenvalue weighted by Crippen LogP contribution is 2.33. The zero-order valence-electron chi connectivity index (χ0n) is 17.7. The van der Waals surface area contributed by atoms with E-state index in [-0.39, 0.29) is 23.7 Å². The minimum atomic E-state index is -4.63. The Morgan fingerprint density at radius 2 is 1.82 bits per heavy atom. The van der Waals surface area contributed by atoms with Crippen LogP contribution >= 0.6 is 11.6 Å². The molecule has 3 amide bonds. The molecule has 0 spiro atoms. The molecule has 1 aliphatic heterocycles. The van der Waals surface area contributed by atoms with Crippen molar-refractivity contribution in [1.29, 1.82) is 0 Å². The Morgan fingerprint density at radius 1 is 1.15 bits per heavy atom. The molecule has 34 heavy (non-hydrogen) atoms. The molecule has 1 heterocycles. The van der Waals surface area contributed by atoms with Gasteiger partial charge in [-0.25, -0.2) is 0 Å². The Kier molecular flexibility index (Phi) is 7.45. The maximum Gasteiger partial charge on any atom is 0.416 e. The summed E-state index contributed by atoms with van der Waals surface area (Å²) in [6.07, 6.45) is -4.87. The van der Waals surface area contributed by atoms with E-state index in [1.807, 2.05) is 6.92 Å². The molecule has 3 rings (SSSR count). The molecule has 0 radical (unpaired) electrons. The van der Waals surface area contributed by atoms with Crippen molar-refractivity contribution in [3.63, 3.8) is 0 Å². The van der Waals surface area contributed by atoms with E-state index in [2.05, 4.69) is 10.7 Å². The second-order valence-corrected chi connectivity index (χ2v) is 7.97. The summed E-state index contributed by atoms with van der Waals surface area (Å²) in [6, 6.07) is 9.05. The Morgan fingerprint density at radius 3 is 2.47 bits per heavy atom. The van der Waals surface area contributed by atoms with Crippen molar-refractivity contribution in [3.05, 3.63) is 64.2 Å². The van der Waals surface area contributed by atoms with Crippen LogP contribution in [0.25, 0.3) is 0 Å². The van der Waals surface area contributed by atoms with Gasteiger partial charge < -0.3 is 10.1 Å². The number of halogens is 4. The average molecular weight is 498 g/mol. The monoisotopic (exact) mass is 497 g/mol. The van der Waals surface area contributed by atoms with E-state index < -0.39 is 48.0 Å². The summed E-state index contributed by atoms with van der Waals surface area (Å²) in [4.78, 5) is 48.7. The second-order valence-electron chi connectivity index (χ2n) is 7.56. The molecule has 1 aliphatic rings. The first-order chi connectivity index (χ1) is 15.9. The highest BCUT2D eigenvalue weighted by Gasteiger charge is 2.37. The first-order valence-electron chi connectivity index (χ1n) is 9.95. The largest absolute Gasteiger partial charge is 0.455 e. The summed E-state index contributed by atoms with van der Waals surface area (Å²) in [7, 11) is 0. The van der Waals surface area contributed by atoms with Crippen molar-refractivity contribution in [2.24, 2.45) is 5.92 Å². The van der Waals surface area contributed by atoms with Gasteiger partial charge in [-0.15, -0.1) is 0 Å². The van der Waals surface area contributed by atoms with Crippen LogP contribution in [-0.4, -0.2) is 41.9 Å². The molecule has 1 atom stereocenters. The summed E-state index contributed by atoms with van der Waals surface area (Å²) in [5.41, 5.74) is 2.40. The highest BCUT2D eigenvalue weighted by atomic mass is 35.5. The number of nitrogens with one attached hydrogen (secondary N) is 2. The summed E-state index contributed by atoms with van der Waals surface area (Å²) in [6.45, 7) is 0.901. The predicted molar refractivity (Wildman–Crippen MR) is 115 cm³/mol. The number of hydrogen-bond acceptors (Lipinski definition) is 5. The van der Waals surface area contributed by atoms with Crippen molar-refractivity contribution >= 4 is 41.0 Å². The van der Waals surface area contributed by atoms with E-state index in [1.54, 1.807) is 24.3 Å². The van der Waals surface area contributed by atoms with Crippen LogP contribution < -0.4 is 10.7 Å². The van der Waals surface area contributed by atoms with E-state index in [9.17, 15) is 32.3 Å². The number of nitrogens with zero attached hydrogens (tertiary/aromatic N) is 1. The molecule has 180 valence electrons. The van der Waals surface area contributed by atoms with Gasteiger partial charge in [-0.05, 0) is 37.3 Å². The SMILES string of the molecule is Cc1ccc(C(=O)NN2C[C@@H](C(=O)OCC(=O)Nc3cc(C(F)(F)F)ccc3Cl)CC2=O)cc1. The van der Waals surface area contributed by atoms with Gasteiger partial charge in [0.15, 0.2) is 6.61 Å². The third kappa shape index (κ3) is 6.25. The van der Waals surface area contributed by atoms with Crippen LogP contribution in [0, 0.1) is 12.8 Å². The van der Waals surface area contributed by atoms with Gasteiger partial charge in [0.25, 0.3) is 11.8 Å². The summed E-state index contributed by atoms with van der Waals surface area (Å²) in [5.74, 6) is -3.76. The molecular weight excluding hydrogens is 479 g/mol. The van der Waals surface area contributed by atoms with Crippen LogP contribution in [0.5, 0.6) is 0 Å². The lowest BCUT2D eigenvalue weighted by Gasteiger charge is -2.17. The molecule has 0 aliphatic carbocycles. The molecule has 0 aromatic heterocycles. The summed E-state index contributed by atoms with van der Waals surface area (Å²) in [5, 5.41) is 3.02. The number of esters is 1. The maximum atomic E-state index is 12.8. The van der Waals surface area contributed by atoms with Crippen molar-refractivity contribution in [2.75, 3.05) is 18.5 Å². The number of aryl methyl sites for hydroxylation is 1. The van der Waals surface area contributed by atoms with Crippen molar-refractivity contribution in [1.82, 2.24) is 10.4 Å². The molecule has 12 heteroatoms. The number of amides is 3. The van der Waals surface area contributed by atoms with Gasteiger partial charge in [0, 0.05) is 12.0 Å². The van der Waals surface area contributed by atoms with Gasteiger partial charge in [-0.2, -0.15) is 13.2 Å². The molecule has 1 fully saturated rings. The van der Waals surface area contributed by atoms with Crippen molar-refractivity contribution in [2.45, 2.75) is 19.5 Å². The van der Waals surface area contributed by atoms with E-state index in [1.165, 1.54) is 0 Å².